The first kappa shape index (κ1) is 25.5. The summed E-state index contributed by atoms with van der Waals surface area (Å²) in [4.78, 5) is 0. The first-order valence-corrected chi connectivity index (χ1v) is 13.3. The summed E-state index contributed by atoms with van der Waals surface area (Å²) in [7, 11) is 0. The largest absolute Gasteiger partial charge is 0.356 e. The summed E-state index contributed by atoms with van der Waals surface area (Å²) < 4.78 is 0. The number of para-hydroxylation sites is 1. The molecule has 0 fully saturated rings. The molecule has 1 N–H and O–H groups in total. The zero-order chi connectivity index (χ0) is 21.8. The minimum atomic E-state index is 1.15. The van der Waals surface area contributed by atoms with Crippen LogP contribution in [0.1, 0.15) is 115 Å². The number of benzene rings is 2. The molecule has 0 unspecified atom stereocenters. The van der Waals surface area contributed by atoms with Crippen molar-refractivity contribution in [1.82, 2.24) is 0 Å². The van der Waals surface area contributed by atoms with Crippen molar-refractivity contribution in [3.05, 3.63) is 60.2 Å². The fourth-order valence-electron chi connectivity index (χ4n) is 4.37. The molecule has 0 amide bonds. The van der Waals surface area contributed by atoms with Gasteiger partial charge in [-0.05, 0) is 42.7 Å². The van der Waals surface area contributed by atoms with E-state index in [9.17, 15) is 0 Å². The van der Waals surface area contributed by atoms with Gasteiger partial charge in [0.15, 0.2) is 0 Å². The van der Waals surface area contributed by atoms with E-state index >= 15 is 0 Å². The zero-order valence-electron chi connectivity index (χ0n) is 20.2. The van der Waals surface area contributed by atoms with Crippen molar-refractivity contribution in [1.29, 1.82) is 0 Å². The Kier molecular flexibility index (Phi) is 14.7. The van der Waals surface area contributed by atoms with E-state index in [1.165, 1.54) is 120 Å². The SMILES string of the molecule is CCCCCCCCCCCCCCCCCCc1cccc(Nc2ccccc2)c1. The molecule has 0 heterocycles. The minimum Gasteiger partial charge on any atom is -0.356 e. The summed E-state index contributed by atoms with van der Waals surface area (Å²) in [6, 6.07) is 19.3. The fourth-order valence-corrected chi connectivity index (χ4v) is 4.37. The molecule has 0 saturated carbocycles. The zero-order valence-corrected chi connectivity index (χ0v) is 20.2. The maximum absolute atomic E-state index is 3.50. The van der Waals surface area contributed by atoms with Crippen LogP contribution in [-0.4, -0.2) is 0 Å². The maximum atomic E-state index is 3.50. The van der Waals surface area contributed by atoms with Crippen molar-refractivity contribution in [2.75, 3.05) is 5.32 Å². The molecule has 0 aromatic heterocycles. The number of unbranched alkanes of at least 4 members (excludes halogenated alkanes) is 15. The lowest BCUT2D eigenvalue weighted by molar-refractivity contribution is 0.529. The van der Waals surface area contributed by atoms with Gasteiger partial charge in [0.05, 0.1) is 0 Å². The number of rotatable bonds is 19. The van der Waals surface area contributed by atoms with Gasteiger partial charge >= 0.3 is 0 Å². The molecule has 0 aliphatic carbocycles. The highest BCUT2D eigenvalue weighted by molar-refractivity contribution is 5.59. The molecule has 0 radical (unpaired) electrons. The molecular weight excluding hydrogens is 374 g/mol. The fraction of sp³-hybridized carbons (Fsp3) is 0.600. The average Bonchev–Trinajstić information content (AvgIpc) is 2.80. The van der Waals surface area contributed by atoms with E-state index in [-0.39, 0.29) is 0 Å². The van der Waals surface area contributed by atoms with Gasteiger partial charge in [-0.2, -0.15) is 0 Å². The van der Waals surface area contributed by atoms with Gasteiger partial charge in [0.1, 0.15) is 0 Å². The van der Waals surface area contributed by atoms with Gasteiger partial charge < -0.3 is 5.32 Å². The second-order valence-corrected chi connectivity index (χ2v) is 9.24. The molecule has 1 nitrogen and oxygen atoms in total. The van der Waals surface area contributed by atoms with Crippen LogP contribution in [-0.2, 0) is 6.42 Å². The second-order valence-electron chi connectivity index (χ2n) is 9.24. The Labute approximate surface area is 193 Å². The Balaban J connectivity index is 1.39. The van der Waals surface area contributed by atoms with Crippen molar-refractivity contribution < 1.29 is 0 Å². The Morgan fingerprint density at radius 1 is 0.484 bits per heavy atom. The van der Waals surface area contributed by atoms with Crippen LogP contribution in [0, 0.1) is 0 Å². The third-order valence-electron chi connectivity index (χ3n) is 6.31. The molecule has 0 saturated heterocycles. The predicted octanol–water partition coefficient (Wildman–Crippen LogP) is 10.2. The summed E-state index contributed by atoms with van der Waals surface area (Å²) in [6.07, 6.45) is 24.1. The summed E-state index contributed by atoms with van der Waals surface area (Å²) >= 11 is 0. The highest BCUT2D eigenvalue weighted by Crippen LogP contribution is 2.19. The summed E-state index contributed by atoms with van der Waals surface area (Å²) in [6.45, 7) is 2.30. The van der Waals surface area contributed by atoms with Gasteiger partial charge in [0.2, 0.25) is 0 Å². The molecule has 31 heavy (non-hydrogen) atoms. The van der Waals surface area contributed by atoms with Crippen molar-refractivity contribution in [2.45, 2.75) is 116 Å². The number of hydrogen-bond donors (Lipinski definition) is 1. The average molecular weight is 422 g/mol. The van der Waals surface area contributed by atoms with Gasteiger partial charge in [-0.3, -0.25) is 0 Å². The molecule has 172 valence electrons. The van der Waals surface area contributed by atoms with E-state index in [2.05, 4.69) is 66.8 Å². The Hall–Kier alpha value is -1.76. The Bertz CT molecular complexity index is 648. The molecule has 2 aromatic rings. The number of nitrogens with one attached hydrogen (secondary N) is 1. The van der Waals surface area contributed by atoms with E-state index in [1.807, 2.05) is 0 Å². The summed E-state index contributed by atoms with van der Waals surface area (Å²) in [5.74, 6) is 0. The molecule has 0 atom stereocenters. The van der Waals surface area contributed by atoms with Gasteiger partial charge in [-0.25, -0.2) is 0 Å². The van der Waals surface area contributed by atoms with E-state index in [4.69, 9.17) is 0 Å². The minimum absolute atomic E-state index is 1.15. The Morgan fingerprint density at radius 2 is 0.968 bits per heavy atom. The lowest BCUT2D eigenvalue weighted by Crippen LogP contribution is -1.92. The normalized spacial score (nSPS) is 11.0. The lowest BCUT2D eigenvalue weighted by Gasteiger charge is -2.08. The molecule has 0 aliphatic heterocycles. The van der Waals surface area contributed by atoms with Gasteiger partial charge in [-0.1, -0.05) is 134 Å². The van der Waals surface area contributed by atoms with Crippen molar-refractivity contribution in [3.8, 4) is 0 Å². The predicted molar refractivity (Wildman–Crippen MR) is 139 cm³/mol. The third kappa shape index (κ3) is 13.3. The van der Waals surface area contributed by atoms with Crippen LogP contribution in [0.4, 0.5) is 11.4 Å². The molecule has 0 spiro atoms. The third-order valence-corrected chi connectivity index (χ3v) is 6.31. The molecule has 0 aliphatic rings. The van der Waals surface area contributed by atoms with Gasteiger partial charge in [0, 0.05) is 11.4 Å². The van der Waals surface area contributed by atoms with Crippen LogP contribution in [0.15, 0.2) is 54.6 Å². The van der Waals surface area contributed by atoms with Crippen LogP contribution in [0.5, 0.6) is 0 Å². The summed E-state index contributed by atoms with van der Waals surface area (Å²) in [5, 5.41) is 3.50. The number of anilines is 2. The summed E-state index contributed by atoms with van der Waals surface area (Å²) in [5.41, 5.74) is 3.80. The van der Waals surface area contributed by atoms with E-state index in [0.717, 1.165) is 5.69 Å². The maximum Gasteiger partial charge on any atom is 0.0386 e. The topological polar surface area (TPSA) is 12.0 Å². The highest BCUT2D eigenvalue weighted by Gasteiger charge is 1.99. The van der Waals surface area contributed by atoms with Crippen LogP contribution in [0.25, 0.3) is 0 Å². The smallest absolute Gasteiger partial charge is 0.0386 e. The van der Waals surface area contributed by atoms with Crippen LogP contribution in [0.2, 0.25) is 0 Å². The Morgan fingerprint density at radius 3 is 1.52 bits per heavy atom. The molecule has 2 rings (SSSR count). The molecule has 0 bridgehead atoms. The first-order valence-electron chi connectivity index (χ1n) is 13.3. The van der Waals surface area contributed by atoms with E-state index < -0.39 is 0 Å². The van der Waals surface area contributed by atoms with Crippen LogP contribution < -0.4 is 5.32 Å². The standard InChI is InChI=1S/C30H47N/c1-2-3-4-5-6-7-8-9-10-11-12-13-14-15-16-18-22-28-23-21-26-30(27-28)31-29-24-19-17-20-25-29/h17,19-21,23-27,31H,2-16,18,22H2,1H3. The van der Waals surface area contributed by atoms with Crippen molar-refractivity contribution >= 4 is 11.4 Å². The van der Waals surface area contributed by atoms with Crippen molar-refractivity contribution in [3.63, 3.8) is 0 Å². The molecular formula is C30H47N. The van der Waals surface area contributed by atoms with Crippen LogP contribution in [0.3, 0.4) is 0 Å². The van der Waals surface area contributed by atoms with Gasteiger partial charge in [0.25, 0.3) is 0 Å². The molecule has 2 aromatic carbocycles. The quantitative estimate of drug-likeness (QED) is 0.222. The number of hydrogen-bond acceptors (Lipinski definition) is 1. The number of aryl methyl sites for hydroxylation is 1. The first-order chi connectivity index (χ1) is 15.4. The van der Waals surface area contributed by atoms with E-state index in [0.29, 0.717) is 0 Å². The highest BCUT2D eigenvalue weighted by atomic mass is 14.9. The van der Waals surface area contributed by atoms with E-state index in [1.54, 1.807) is 0 Å². The van der Waals surface area contributed by atoms with Crippen molar-refractivity contribution in [2.24, 2.45) is 0 Å². The molecule has 1 heteroatoms. The lowest BCUT2D eigenvalue weighted by atomic mass is 10.0. The van der Waals surface area contributed by atoms with Crippen LogP contribution >= 0.6 is 0 Å². The monoisotopic (exact) mass is 421 g/mol. The van der Waals surface area contributed by atoms with Gasteiger partial charge in [-0.15, -0.1) is 0 Å². The second kappa shape index (κ2) is 17.9.